The van der Waals surface area contributed by atoms with Crippen LogP contribution in [-0.2, 0) is 14.4 Å². The molecule has 0 saturated carbocycles. The molecular weight excluding hydrogens is 226 g/mol. The molecule has 1 saturated heterocycles. The van der Waals surface area contributed by atoms with Crippen LogP contribution in [0.5, 0.6) is 0 Å². The Bertz CT molecular complexity index is 328. The van der Waals surface area contributed by atoms with Gasteiger partial charge in [-0.15, -0.1) is 0 Å². The number of likely N-dealkylation sites (tertiary alicyclic amines) is 1. The van der Waals surface area contributed by atoms with Crippen LogP contribution in [0.4, 0.5) is 0 Å². The van der Waals surface area contributed by atoms with Crippen LogP contribution < -0.4 is 0 Å². The zero-order valence-corrected chi connectivity index (χ0v) is 9.76. The first-order valence-corrected chi connectivity index (χ1v) is 5.68. The van der Waals surface area contributed by atoms with E-state index >= 15 is 0 Å². The van der Waals surface area contributed by atoms with Crippen LogP contribution >= 0.6 is 0 Å². The Labute approximate surface area is 99.2 Å². The molecule has 1 unspecified atom stereocenters. The van der Waals surface area contributed by atoms with Gasteiger partial charge in [-0.05, 0) is 19.3 Å². The Hall–Kier alpha value is -1.59. The molecule has 0 radical (unpaired) electrons. The summed E-state index contributed by atoms with van der Waals surface area (Å²) in [4.78, 5) is 34.6. The molecule has 2 N–H and O–H groups in total. The number of hydrogen-bond acceptors (Lipinski definition) is 3. The van der Waals surface area contributed by atoms with Crippen molar-refractivity contribution in [2.45, 2.75) is 38.6 Å². The van der Waals surface area contributed by atoms with Gasteiger partial charge in [0, 0.05) is 13.0 Å². The number of carboxylic acid groups (broad SMARTS) is 2. The molecule has 2 atom stereocenters. The fourth-order valence-electron chi connectivity index (χ4n) is 1.93. The highest BCUT2D eigenvalue weighted by Gasteiger charge is 2.33. The second-order valence-electron chi connectivity index (χ2n) is 4.36. The summed E-state index contributed by atoms with van der Waals surface area (Å²) in [5.74, 6) is -2.76. The minimum atomic E-state index is -0.984. The summed E-state index contributed by atoms with van der Waals surface area (Å²) in [6.07, 6.45) is 1.51. The topological polar surface area (TPSA) is 94.9 Å². The molecule has 6 heteroatoms. The molecule has 0 aromatic rings. The van der Waals surface area contributed by atoms with Gasteiger partial charge in [0.2, 0.25) is 5.91 Å². The molecule has 0 aromatic carbocycles. The molecule has 1 heterocycles. The van der Waals surface area contributed by atoms with Crippen molar-refractivity contribution < 1.29 is 24.6 Å². The third-order valence-corrected chi connectivity index (χ3v) is 3.07. The monoisotopic (exact) mass is 243 g/mol. The van der Waals surface area contributed by atoms with Crippen molar-refractivity contribution >= 4 is 17.8 Å². The van der Waals surface area contributed by atoms with Gasteiger partial charge in [0.1, 0.15) is 6.04 Å². The van der Waals surface area contributed by atoms with Crippen molar-refractivity contribution in [3.63, 3.8) is 0 Å². The maximum absolute atomic E-state index is 11.8. The SMILES string of the molecule is CC(CCC(=O)N1CCC[C@H]1C(=O)O)C(=O)O. The highest BCUT2D eigenvalue weighted by atomic mass is 16.4. The number of aliphatic carboxylic acids is 2. The summed E-state index contributed by atoms with van der Waals surface area (Å²) >= 11 is 0. The van der Waals surface area contributed by atoms with Gasteiger partial charge in [-0.1, -0.05) is 6.92 Å². The third kappa shape index (κ3) is 3.44. The number of carbonyl (C=O) groups excluding carboxylic acids is 1. The van der Waals surface area contributed by atoms with E-state index in [-0.39, 0.29) is 18.7 Å². The molecule has 1 amide bonds. The maximum atomic E-state index is 11.8. The quantitative estimate of drug-likeness (QED) is 0.735. The average Bonchev–Trinajstić information content (AvgIpc) is 2.73. The van der Waals surface area contributed by atoms with Gasteiger partial charge in [-0.25, -0.2) is 4.79 Å². The van der Waals surface area contributed by atoms with E-state index in [1.54, 1.807) is 0 Å². The largest absolute Gasteiger partial charge is 0.481 e. The van der Waals surface area contributed by atoms with Crippen LogP contribution in [0.15, 0.2) is 0 Å². The summed E-state index contributed by atoms with van der Waals surface area (Å²) in [6.45, 7) is 1.99. The van der Waals surface area contributed by atoms with Crippen molar-refractivity contribution in [2.24, 2.45) is 5.92 Å². The Morgan fingerprint density at radius 3 is 2.53 bits per heavy atom. The summed E-state index contributed by atoms with van der Waals surface area (Å²) < 4.78 is 0. The van der Waals surface area contributed by atoms with Crippen LogP contribution in [0.1, 0.15) is 32.6 Å². The van der Waals surface area contributed by atoms with E-state index in [4.69, 9.17) is 10.2 Å². The second-order valence-corrected chi connectivity index (χ2v) is 4.36. The van der Waals surface area contributed by atoms with E-state index in [1.165, 1.54) is 11.8 Å². The molecule has 1 fully saturated rings. The first-order valence-electron chi connectivity index (χ1n) is 5.68. The van der Waals surface area contributed by atoms with Gasteiger partial charge in [0.05, 0.1) is 5.92 Å². The van der Waals surface area contributed by atoms with Gasteiger partial charge in [-0.2, -0.15) is 0 Å². The Morgan fingerprint density at radius 1 is 1.35 bits per heavy atom. The highest BCUT2D eigenvalue weighted by molar-refractivity contribution is 5.84. The zero-order valence-electron chi connectivity index (χ0n) is 9.76. The summed E-state index contributed by atoms with van der Waals surface area (Å²) in [7, 11) is 0. The molecule has 0 aromatic heterocycles. The molecule has 1 rings (SSSR count). The molecule has 0 bridgehead atoms. The smallest absolute Gasteiger partial charge is 0.326 e. The lowest BCUT2D eigenvalue weighted by Gasteiger charge is -2.21. The lowest BCUT2D eigenvalue weighted by atomic mass is 10.1. The summed E-state index contributed by atoms with van der Waals surface area (Å²) in [5.41, 5.74) is 0. The van der Waals surface area contributed by atoms with E-state index < -0.39 is 23.9 Å². The van der Waals surface area contributed by atoms with Crippen LogP contribution in [0, 0.1) is 5.92 Å². The number of amides is 1. The molecule has 1 aliphatic rings. The zero-order chi connectivity index (χ0) is 13.0. The minimum Gasteiger partial charge on any atom is -0.481 e. The fraction of sp³-hybridized carbons (Fsp3) is 0.727. The fourth-order valence-corrected chi connectivity index (χ4v) is 1.93. The molecule has 1 aliphatic heterocycles. The van der Waals surface area contributed by atoms with E-state index in [1.807, 2.05) is 0 Å². The predicted octanol–water partition coefficient (Wildman–Crippen LogP) is 0.563. The van der Waals surface area contributed by atoms with E-state index in [2.05, 4.69) is 0 Å². The first-order chi connectivity index (χ1) is 7.93. The first kappa shape index (κ1) is 13.5. The van der Waals surface area contributed by atoms with Crippen LogP contribution in [0.3, 0.4) is 0 Å². The van der Waals surface area contributed by atoms with Gasteiger partial charge in [-0.3, -0.25) is 9.59 Å². The van der Waals surface area contributed by atoms with Crippen molar-refractivity contribution in [1.29, 1.82) is 0 Å². The average molecular weight is 243 g/mol. The summed E-state index contributed by atoms with van der Waals surface area (Å²) in [5, 5.41) is 17.6. The number of hydrogen-bond donors (Lipinski definition) is 2. The van der Waals surface area contributed by atoms with Crippen molar-refractivity contribution in [3.8, 4) is 0 Å². The molecule has 96 valence electrons. The van der Waals surface area contributed by atoms with Crippen LogP contribution in [0.25, 0.3) is 0 Å². The molecular formula is C11H17NO5. The number of carboxylic acids is 2. The standard InChI is InChI=1S/C11H17NO5/c1-7(10(14)15)4-5-9(13)12-6-2-3-8(12)11(16)17/h7-8H,2-6H2,1H3,(H,14,15)(H,16,17)/t7?,8-/m0/s1. The molecule has 0 aliphatic carbocycles. The number of nitrogens with zero attached hydrogens (tertiary/aromatic N) is 1. The van der Waals surface area contributed by atoms with Gasteiger partial charge in [0.25, 0.3) is 0 Å². The lowest BCUT2D eigenvalue weighted by Crippen LogP contribution is -2.40. The van der Waals surface area contributed by atoms with E-state index in [0.717, 1.165) is 0 Å². The lowest BCUT2D eigenvalue weighted by molar-refractivity contribution is -0.148. The molecule has 0 spiro atoms. The Balaban J connectivity index is 2.47. The molecule has 17 heavy (non-hydrogen) atoms. The number of rotatable bonds is 5. The Kier molecular flexibility index (Phi) is 4.48. The van der Waals surface area contributed by atoms with Crippen molar-refractivity contribution in [3.05, 3.63) is 0 Å². The maximum Gasteiger partial charge on any atom is 0.326 e. The minimum absolute atomic E-state index is 0.0945. The van der Waals surface area contributed by atoms with Crippen molar-refractivity contribution in [2.75, 3.05) is 6.54 Å². The number of carbonyl (C=O) groups is 3. The third-order valence-electron chi connectivity index (χ3n) is 3.07. The second kappa shape index (κ2) is 5.65. The van der Waals surface area contributed by atoms with E-state index in [0.29, 0.717) is 19.4 Å². The van der Waals surface area contributed by atoms with Gasteiger partial charge >= 0.3 is 11.9 Å². The highest BCUT2D eigenvalue weighted by Crippen LogP contribution is 2.19. The van der Waals surface area contributed by atoms with Crippen molar-refractivity contribution in [1.82, 2.24) is 4.90 Å². The van der Waals surface area contributed by atoms with Gasteiger partial charge in [0.15, 0.2) is 0 Å². The Morgan fingerprint density at radius 2 is 2.00 bits per heavy atom. The molecule has 6 nitrogen and oxygen atoms in total. The van der Waals surface area contributed by atoms with E-state index in [9.17, 15) is 14.4 Å². The van der Waals surface area contributed by atoms with Crippen LogP contribution in [-0.4, -0.2) is 45.5 Å². The van der Waals surface area contributed by atoms with Crippen LogP contribution in [0.2, 0.25) is 0 Å². The summed E-state index contributed by atoms with van der Waals surface area (Å²) in [6, 6.07) is -0.734. The normalized spacial score (nSPS) is 21.2. The van der Waals surface area contributed by atoms with Gasteiger partial charge < -0.3 is 15.1 Å². The predicted molar refractivity (Wildman–Crippen MR) is 58.4 cm³/mol.